The smallest absolute Gasteiger partial charge is 0.337 e. The van der Waals surface area contributed by atoms with Gasteiger partial charge >= 0.3 is 5.97 Å². The van der Waals surface area contributed by atoms with E-state index in [1.165, 1.54) is 79.9 Å². The summed E-state index contributed by atoms with van der Waals surface area (Å²) in [6, 6.07) is 13.7. The van der Waals surface area contributed by atoms with Crippen molar-refractivity contribution in [3.05, 3.63) is 136 Å². The average molecular weight is 765 g/mol. The maximum Gasteiger partial charge on any atom is 0.337 e. The van der Waals surface area contributed by atoms with Gasteiger partial charge in [0, 0.05) is 44.3 Å². The van der Waals surface area contributed by atoms with Gasteiger partial charge in [0.25, 0.3) is 0 Å². The fraction of sp³-hybridized carbons (Fsp3) is 0.0256. The summed E-state index contributed by atoms with van der Waals surface area (Å²) in [4.78, 5) is 25.3. The molecule has 8 rings (SSSR count). The van der Waals surface area contributed by atoms with Crippen molar-refractivity contribution in [3.8, 4) is 33.4 Å². The van der Waals surface area contributed by atoms with Crippen LogP contribution in [0.1, 0.15) is 21.7 Å². The second-order valence-corrected chi connectivity index (χ2v) is 12.2. The second-order valence-electron chi connectivity index (χ2n) is 12.2. The molecule has 1 aliphatic heterocycles. The van der Waals surface area contributed by atoms with Gasteiger partial charge in [-0.05, 0) is 66.2 Å². The summed E-state index contributed by atoms with van der Waals surface area (Å²) in [7, 11) is 1.17. The standard InChI is InChI=1S/C39H18F10N4O2/c1-55-39(54)15-4-2-14(3-5-15)24-18-10-12-22(52-18)25(27-29(40)33(44)37(48)34(45)30(27)41)20-8-6-16(50-20)17-7-9-21(51-17)26(23-13-11-19(24)53-23)28-31(42)35(46)38(49)36(47)32(28)43/h2-13,50,52-53H,1H3. The molecular weight excluding hydrogens is 746 g/mol. The van der Waals surface area contributed by atoms with Gasteiger partial charge in [0.1, 0.15) is 0 Å². The monoisotopic (exact) mass is 764 g/mol. The molecule has 0 saturated heterocycles. The van der Waals surface area contributed by atoms with E-state index in [9.17, 15) is 31.1 Å². The number of hydrogen-bond acceptors (Lipinski definition) is 3. The topological polar surface area (TPSA) is 86.6 Å². The molecule has 1 aliphatic rings. The first-order valence-electron chi connectivity index (χ1n) is 15.9. The Kier molecular flexibility index (Phi) is 8.28. The second kappa shape index (κ2) is 12.9. The first-order valence-corrected chi connectivity index (χ1v) is 15.9. The van der Waals surface area contributed by atoms with Crippen molar-refractivity contribution in [3.63, 3.8) is 0 Å². The fourth-order valence-electron chi connectivity index (χ4n) is 6.53. The van der Waals surface area contributed by atoms with Gasteiger partial charge in [-0.1, -0.05) is 12.1 Å². The highest BCUT2D eigenvalue weighted by molar-refractivity contribution is 6.01. The molecule has 0 amide bonds. The zero-order valence-corrected chi connectivity index (χ0v) is 27.5. The predicted molar refractivity (Wildman–Crippen MR) is 182 cm³/mol. The molecule has 276 valence electrons. The molecule has 0 saturated carbocycles. The fourth-order valence-corrected chi connectivity index (χ4v) is 6.53. The maximum atomic E-state index is 15.5. The summed E-state index contributed by atoms with van der Waals surface area (Å²) < 4.78 is 154. The molecule has 3 aromatic carbocycles. The number of nitrogens with zero attached hydrogens (tertiary/aromatic N) is 1. The van der Waals surface area contributed by atoms with E-state index in [-0.39, 0.29) is 55.6 Å². The number of methoxy groups -OCH3 is 1. The van der Waals surface area contributed by atoms with E-state index in [1.54, 1.807) is 0 Å². The van der Waals surface area contributed by atoms with Crippen LogP contribution in [0.15, 0.2) is 60.7 Å². The Morgan fingerprint density at radius 2 is 0.800 bits per heavy atom. The summed E-state index contributed by atoms with van der Waals surface area (Å²) in [6.07, 6.45) is 2.52. The van der Waals surface area contributed by atoms with Crippen molar-refractivity contribution in [2.75, 3.05) is 7.11 Å². The van der Waals surface area contributed by atoms with Gasteiger partial charge in [0.05, 0.1) is 40.7 Å². The maximum absolute atomic E-state index is 15.5. The molecule has 4 aromatic heterocycles. The van der Waals surface area contributed by atoms with Crippen LogP contribution in [0.4, 0.5) is 43.9 Å². The number of nitrogens with one attached hydrogen (secondary N) is 3. The molecule has 0 atom stereocenters. The summed E-state index contributed by atoms with van der Waals surface area (Å²) in [5.41, 5.74) is -3.48. The number of benzene rings is 3. The summed E-state index contributed by atoms with van der Waals surface area (Å²) in [5.74, 6) is -22.8. The highest BCUT2D eigenvalue weighted by Crippen LogP contribution is 2.40. The number of hydrogen-bond donors (Lipinski definition) is 3. The number of rotatable bonds is 4. The first-order chi connectivity index (χ1) is 26.3. The third kappa shape index (κ3) is 5.42. The minimum atomic E-state index is -2.38. The van der Waals surface area contributed by atoms with Gasteiger partial charge in [-0.25, -0.2) is 53.7 Å². The lowest BCUT2D eigenvalue weighted by Crippen LogP contribution is -2.05. The van der Waals surface area contributed by atoms with Crippen LogP contribution >= 0.6 is 0 Å². The number of esters is 1. The van der Waals surface area contributed by atoms with Crippen molar-refractivity contribution in [1.82, 2.24) is 19.9 Å². The average Bonchev–Trinajstić information content (AvgIpc) is 4.03. The number of ether oxygens (including phenoxy) is 1. The molecule has 5 heterocycles. The van der Waals surface area contributed by atoms with Crippen LogP contribution in [-0.2, 0) is 4.74 Å². The highest BCUT2D eigenvalue weighted by Gasteiger charge is 2.31. The molecule has 0 fully saturated rings. The lowest BCUT2D eigenvalue weighted by Gasteiger charge is -2.10. The molecule has 0 aliphatic carbocycles. The molecule has 7 aromatic rings. The van der Waals surface area contributed by atoms with Crippen molar-refractivity contribution in [2.24, 2.45) is 0 Å². The van der Waals surface area contributed by atoms with Gasteiger partial charge < -0.3 is 19.7 Å². The molecule has 16 heteroatoms. The van der Waals surface area contributed by atoms with Crippen LogP contribution in [0.25, 0.3) is 78.6 Å². The van der Waals surface area contributed by atoms with Crippen molar-refractivity contribution in [1.29, 1.82) is 0 Å². The molecule has 55 heavy (non-hydrogen) atoms. The van der Waals surface area contributed by atoms with Crippen molar-refractivity contribution < 1.29 is 53.4 Å². The van der Waals surface area contributed by atoms with E-state index < -0.39 is 86.4 Å². The molecule has 6 nitrogen and oxygen atoms in total. The molecule has 0 unspecified atom stereocenters. The van der Waals surface area contributed by atoms with Crippen LogP contribution < -0.4 is 0 Å². The Morgan fingerprint density at radius 1 is 0.436 bits per heavy atom. The van der Waals surface area contributed by atoms with E-state index in [0.717, 1.165) is 0 Å². The Morgan fingerprint density at radius 3 is 1.27 bits per heavy atom. The number of halogens is 10. The van der Waals surface area contributed by atoms with Gasteiger partial charge in [0.2, 0.25) is 11.6 Å². The summed E-state index contributed by atoms with van der Waals surface area (Å²) in [5, 5.41) is 0. The zero-order chi connectivity index (χ0) is 39.0. The molecule has 0 radical (unpaired) electrons. The third-order valence-corrected chi connectivity index (χ3v) is 9.09. The van der Waals surface area contributed by atoms with Crippen LogP contribution in [-0.4, -0.2) is 33.0 Å². The van der Waals surface area contributed by atoms with E-state index in [2.05, 4.69) is 19.9 Å². The Bertz CT molecular complexity index is 2890. The number of carbonyl (C=O) groups excluding carboxylic acids is 1. The third-order valence-electron chi connectivity index (χ3n) is 9.09. The zero-order valence-electron chi connectivity index (χ0n) is 27.5. The van der Waals surface area contributed by atoms with Gasteiger partial charge in [-0.3, -0.25) is 0 Å². The van der Waals surface area contributed by atoms with Crippen LogP contribution in [0.3, 0.4) is 0 Å². The van der Waals surface area contributed by atoms with Gasteiger partial charge in [0.15, 0.2) is 46.5 Å². The van der Waals surface area contributed by atoms with E-state index in [4.69, 9.17) is 4.74 Å². The van der Waals surface area contributed by atoms with Gasteiger partial charge in [-0.15, -0.1) is 0 Å². The van der Waals surface area contributed by atoms with E-state index >= 15 is 17.6 Å². The Balaban J connectivity index is 1.58. The number of fused-ring (bicyclic) bond motifs is 9. The van der Waals surface area contributed by atoms with Crippen LogP contribution in [0.2, 0.25) is 0 Å². The number of carbonyl (C=O) groups is 1. The lowest BCUT2D eigenvalue weighted by molar-refractivity contribution is 0.0600. The first kappa shape index (κ1) is 35.2. The van der Waals surface area contributed by atoms with Crippen LogP contribution in [0.5, 0.6) is 0 Å². The van der Waals surface area contributed by atoms with Crippen molar-refractivity contribution >= 4 is 51.2 Å². The van der Waals surface area contributed by atoms with Gasteiger partial charge in [-0.2, -0.15) is 0 Å². The predicted octanol–water partition coefficient (Wildman–Crippen LogP) is 10.9. The quantitative estimate of drug-likeness (QED) is 0.0722. The molecule has 3 N–H and O–H groups in total. The number of aromatic amines is 3. The molecular formula is C39H18F10N4O2. The highest BCUT2D eigenvalue weighted by atomic mass is 19.2. The number of aromatic nitrogens is 4. The minimum Gasteiger partial charge on any atom is -0.465 e. The van der Waals surface area contributed by atoms with E-state index in [0.29, 0.717) is 5.56 Å². The Hall–Kier alpha value is -6.84. The lowest BCUT2D eigenvalue weighted by atomic mass is 10.0. The van der Waals surface area contributed by atoms with Crippen molar-refractivity contribution in [2.45, 2.75) is 0 Å². The minimum absolute atomic E-state index is 0.00819. The molecule has 8 bridgehead atoms. The summed E-state index contributed by atoms with van der Waals surface area (Å²) >= 11 is 0. The SMILES string of the molecule is COC(=O)c1ccc(-c2c3ccc([nH]3)c(-c3c(F)c(F)c(F)c(F)c3F)c3nc(c4ccc([nH]4)c(-c4c(F)c(F)c(F)c(F)c4F)c4ccc2[nH]4)C=C3)cc1. The summed E-state index contributed by atoms with van der Waals surface area (Å²) in [6.45, 7) is 0. The normalized spacial score (nSPS) is 11.9. The largest absolute Gasteiger partial charge is 0.465 e. The Labute approximate surface area is 300 Å². The van der Waals surface area contributed by atoms with Crippen LogP contribution in [0, 0.1) is 58.2 Å². The number of H-pyrrole nitrogens is 3. The molecule has 0 spiro atoms. The van der Waals surface area contributed by atoms with E-state index in [1.807, 2.05) is 0 Å².